The third kappa shape index (κ3) is 3.81. The predicted molar refractivity (Wildman–Crippen MR) is 74.9 cm³/mol. The quantitative estimate of drug-likeness (QED) is 0.818. The Hall–Kier alpha value is -1.88. The number of benzene rings is 1. The van der Waals surface area contributed by atoms with Gasteiger partial charge in [0.1, 0.15) is 0 Å². The Morgan fingerprint density at radius 2 is 1.80 bits per heavy atom. The highest BCUT2D eigenvalue weighted by molar-refractivity contribution is 6.35. The molecule has 20 heavy (non-hydrogen) atoms. The molecule has 108 valence electrons. The van der Waals surface area contributed by atoms with Crippen molar-refractivity contribution in [1.82, 2.24) is 10.2 Å². The lowest BCUT2D eigenvalue weighted by Gasteiger charge is -2.34. The van der Waals surface area contributed by atoms with E-state index in [4.69, 9.17) is 4.74 Å². The highest BCUT2D eigenvalue weighted by atomic mass is 16.5. The number of amides is 2. The van der Waals surface area contributed by atoms with E-state index in [2.05, 4.69) is 5.32 Å². The Bertz CT molecular complexity index is 465. The number of hydrogen-bond acceptors (Lipinski definition) is 3. The van der Waals surface area contributed by atoms with Gasteiger partial charge in [0.25, 0.3) is 0 Å². The topological polar surface area (TPSA) is 58.6 Å². The number of carbonyl (C=O) groups excluding carboxylic acids is 2. The molecule has 2 atom stereocenters. The van der Waals surface area contributed by atoms with Crippen LogP contribution in [0.3, 0.4) is 0 Å². The number of rotatable bonds is 2. The van der Waals surface area contributed by atoms with Gasteiger partial charge in [-0.1, -0.05) is 30.3 Å². The average molecular weight is 276 g/mol. The molecule has 0 radical (unpaired) electrons. The molecule has 1 N–H and O–H groups in total. The molecule has 5 nitrogen and oxygen atoms in total. The van der Waals surface area contributed by atoms with Gasteiger partial charge in [0.05, 0.1) is 12.2 Å². The van der Waals surface area contributed by atoms with Crippen molar-refractivity contribution in [3.8, 4) is 0 Å². The van der Waals surface area contributed by atoms with E-state index in [1.54, 1.807) is 4.90 Å². The number of nitrogens with one attached hydrogen (secondary N) is 1. The van der Waals surface area contributed by atoms with Gasteiger partial charge < -0.3 is 15.0 Å². The average Bonchev–Trinajstić information content (AvgIpc) is 2.44. The third-order valence-electron chi connectivity index (χ3n) is 3.20. The lowest BCUT2D eigenvalue weighted by atomic mass is 10.2. The number of hydrogen-bond donors (Lipinski definition) is 1. The van der Waals surface area contributed by atoms with E-state index < -0.39 is 11.8 Å². The van der Waals surface area contributed by atoms with Crippen LogP contribution >= 0.6 is 0 Å². The summed E-state index contributed by atoms with van der Waals surface area (Å²) in [6.45, 7) is 5.08. The first-order valence-electron chi connectivity index (χ1n) is 6.82. The number of ether oxygens (including phenoxy) is 1. The second kappa shape index (κ2) is 6.52. The summed E-state index contributed by atoms with van der Waals surface area (Å²) in [5, 5.41) is 2.65. The minimum Gasteiger partial charge on any atom is -0.372 e. The molecule has 0 saturated carbocycles. The Kier molecular flexibility index (Phi) is 4.74. The minimum atomic E-state index is -0.560. The molecule has 1 aromatic carbocycles. The lowest BCUT2D eigenvalue weighted by Crippen LogP contribution is -2.52. The van der Waals surface area contributed by atoms with Crippen molar-refractivity contribution in [3.63, 3.8) is 0 Å². The fourth-order valence-electron chi connectivity index (χ4n) is 2.34. The molecule has 0 bridgehead atoms. The van der Waals surface area contributed by atoms with Crippen LogP contribution in [0.5, 0.6) is 0 Å². The SMILES string of the molecule is CC1CN(C(=O)C(=O)NCc2ccccc2)CC(C)O1. The van der Waals surface area contributed by atoms with Crippen molar-refractivity contribution in [2.75, 3.05) is 13.1 Å². The van der Waals surface area contributed by atoms with Crippen LogP contribution in [0.1, 0.15) is 19.4 Å². The molecule has 1 aliphatic rings. The van der Waals surface area contributed by atoms with Crippen molar-refractivity contribution < 1.29 is 14.3 Å². The van der Waals surface area contributed by atoms with Crippen molar-refractivity contribution in [1.29, 1.82) is 0 Å². The second-order valence-electron chi connectivity index (χ2n) is 5.14. The molecular weight excluding hydrogens is 256 g/mol. The van der Waals surface area contributed by atoms with Gasteiger partial charge in [-0.2, -0.15) is 0 Å². The fourth-order valence-corrected chi connectivity index (χ4v) is 2.34. The monoisotopic (exact) mass is 276 g/mol. The molecule has 2 amide bonds. The van der Waals surface area contributed by atoms with Gasteiger partial charge in [0, 0.05) is 19.6 Å². The Morgan fingerprint density at radius 3 is 2.40 bits per heavy atom. The zero-order valence-electron chi connectivity index (χ0n) is 11.8. The molecule has 1 heterocycles. The summed E-state index contributed by atoms with van der Waals surface area (Å²) >= 11 is 0. The van der Waals surface area contributed by atoms with Crippen LogP contribution in [0, 0.1) is 0 Å². The molecule has 0 spiro atoms. The second-order valence-corrected chi connectivity index (χ2v) is 5.14. The van der Waals surface area contributed by atoms with E-state index in [1.807, 2.05) is 44.2 Å². The van der Waals surface area contributed by atoms with Crippen LogP contribution in [0.15, 0.2) is 30.3 Å². The fraction of sp³-hybridized carbons (Fsp3) is 0.467. The standard InChI is InChI=1S/C15H20N2O3/c1-11-9-17(10-12(2)20-11)15(19)14(18)16-8-13-6-4-3-5-7-13/h3-7,11-12H,8-10H2,1-2H3,(H,16,18). The molecule has 0 aromatic heterocycles. The number of nitrogens with zero attached hydrogens (tertiary/aromatic N) is 1. The summed E-state index contributed by atoms with van der Waals surface area (Å²) in [7, 11) is 0. The van der Waals surface area contributed by atoms with Gasteiger partial charge in [-0.3, -0.25) is 9.59 Å². The van der Waals surface area contributed by atoms with Gasteiger partial charge in [-0.15, -0.1) is 0 Å². The van der Waals surface area contributed by atoms with Gasteiger partial charge in [0.15, 0.2) is 0 Å². The molecular formula is C15H20N2O3. The van der Waals surface area contributed by atoms with E-state index >= 15 is 0 Å². The third-order valence-corrected chi connectivity index (χ3v) is 3.20. The van der Waals surface area contributed by atoms with Crippen LogP contribution in [0.4, 0.5) is 0 Å². The molecule has 1 saturated heterocycles. The van der Waals surface area contributed by atoms with Crippen LogP contribution in [-0.4, -0.2) is 42.0 Å². The summed E-state index contributed by atoms with van der Waals surface area (Å²) in [4.78, 5) is 25.5. The first-order chi connectivity index (χ1) is 9.56. The lowest BCUT2D eigenvalue weighted by molar-refractivity contribution is -0.153. The zero-order valence-corrected chi connectivity index (χ0v) is 11.8. The highest BCUT2D eigenvalue weighted by Crippen LogP contribution is 2.10. The zero-order chi connectivity index (χ0) is 14.5. The normalized spacial score (nSPS) is 22.4. The van der Waals surface area contributed by atoms with E-state index in [9.17, 15) is 9.59 Å². The van der Waals surface area contributed by atoms with Crippen molar-refractivity contribution >= 4 is 11.8 Å². The molecule has 1 fully saturated rings. The van der Waals surface area contributed by atoms with E-state index in [1.165, 1.54) is 0 Å². The maximum absolute atomic E-state index is 12.1. The van der Waals surface area contributed by atoms with Crippen molar-refractivity contribution in [3.05, 3.63) is 35.9 Å². The molecule has 2 unspecified atom stereocenters. The summed E-state index contributed by atoms with van der Waals surface area (Å²) in [5.74, 6) is -1.04. The van der Waals surface area contributed by atoms with Gasteiger partial charge in [0.2, 0.25) is 0 Å². The number of carbonyl (C=O) groups is 2. The van der Waals surface area contributed by atoms with E-state index in [0.29, 0.717) is 19.6 Å². The maximum Gasteiger partial charge on any atom is 0.312 e. The smallest absolute Gasteiger partial charge is 0.312 e. The highest BCUT2D eigenvalue weighted by Gasteiger charge is 2.29. The van der Waals surface area contributed by atoms with Crippen LogP contribution in [0.25, 0.3) is 0 Å². The summed E-state index contributed by atoms with van der Waals surface area (Å²) in [6, 6.07) is 9.52. The molecule has 5 heteroatoms. The first kappa shape index (κ1) is 14.5. The summed E-state index contributed by atoms with van der Waals surface area (Å²) < 4.78 is 5.55. The van der Waals surface area contributed by atoms with Crippen LogP contribution < -0.4 is 5.32 Å². The number of morpholine rings is 1. The predicted octanol–water partition coefficient (Wildman–Crippen LogP) is 0.939. The maximum atomic E-state index is 12.1. The Balaban J connectivity index is 1.87. The van der Waals surface area contributed by atoms with Gasteiger partial charge in [-0.05, 0) is 19.4 Å². The van der Waals surface area contributed by atoms with Gasteiger partial charge in [-0.25, -0.2) is 0 Å². The van der Waals surface area contributed by atoms with Crippen LogP contribution in [-0.2, 0) is 20.9 Å². The Morgan fingerprint density at radius 1 is 1.20 bits per heavy atom. The molecule has 1 aliphatic heterocycles. The van der Waals surface area contributed by atoms with Gasteiger partial charge >= 0.3 is 11.8 Å². The largest absolute Gasteiger partial charge is 0.372 e. The van der Waals surface area contributed by atoms with E-state index in [0.717, 1.165) is 5.56 Å². The summed E-state index contributed by atoms with van der Waals surface area (Å²) in [5.41, 5.74) is 0.970. The molecule has 1 aromatic rings. The van der Waals surface area contributed by atoms with Crippen molar-refractivity contribution in [2.45, 2.75) is 32.6 Å². The van der Waals surface area contributed by atoms with Crippen LogP contribution in [0.2, 0.25) is 0 Å². The first-order valence-corrected chi connectivity index (χ1v) is 6.82. The molecule has 0 aliphatic carbocycles. The minimum absolute atomic E-state index is 0.0374. The Labute approximate surface area is 118 Å². The van der Waals surface area contributed by atoms with E-state index in [-0.39, 0.29) is 12.2 Å². The molecule has 2 rings (SSSR count). The van der Waals surface area contributed by atoms with Crippen molar-refractivity contribution in [2.24, 2.45) is 0 Å². The summed E-state index contributed by atoms with van der Waals surface area (Å²) in [6.07, 6.45) is -0.0748.